The van der Waals surface area contributed by atoms with Crippen molar-refractivity contribution in [3.05, 3.63) is 77.3 Å². The summed E-state index contributed by atoms with van der Waals surface area (Å²) in [5.41, 5.74) is 1.24. The molecular formula is C24H25N3O4. The van der Waals surface area contributed by atoms with Crippen molar-refractivity contribution in [3.8, 4) is 12.0 Å². The molecule has 160 valence electrons. The molecule has 31 heavy (non-hydrogen) atoms. The summed E-state index contributed by atoms with van der Waals surface area (Å²) in [4.78, 5) is 25.2. The van der Waals surface area contributed by atoms with Gasteiger partial charge in [-0.25, -0.2) is 4.79 Å². The molecule has 2 atom stereocenters. The molecule has 3 aromatic rings. The number of amides is 1. The van der Waals surface area contributed by atoms with Crippen LogP contribution in [0.1, 0.15) is 53.4 Å². The van der Waals surface area contributed by atoms with E-state index in [4.69, 9.17) is 9.15 Å². The average Bonchev–Trinajstić information content (AvgIpc) is 3.42. The lowest BCUT2D eigenvalue weighted by Crippen LogP contribution is -2.38. The number of nitrogens with one attached hydrogen (secondary N) is 1. The summed E-state index contributed by atoms with van der Waals surface area (Å²) in [7, 11) is 0. The molecular weight excluding hydrogens is 394 g/mol. The smallest absolute Gasteiger partial charge is 0.343 e. The molecule has 0 radical (unpaired) electrons. The Kier molecular flexibility index (Phi) is 6.93. The van der Waals surface area contributed by atoms with E-state index >= 15 is 0 Å². The van der Waals surface area contributed by atoms with Gasteiger partial charge in [0.1, 0.15) is 23.0 Å². The lowest BCUT2D eigenvalue weighted by molar-refractivity contribution is -0.129. The summed E-state index contributed by atoms with van der Waals surface area (Å²) in [5, 5.41) is 12.4. The van der Waals surface area contributed by atoms with Crippen molar-refractivity contribution in [1.82, 2.24) is 9.88 Å². The molecule has 0 bridgehead atoms. The summed E-state index contributed by atoms with van der Waals surface area (Å²) >= 11 is 0. The number of aryl methyl sites for hydroxylation is 1. The van der Waals surface area contributed by atoms with Gasteiger partial charge in [0, 0.05) is 24.9 Å². The van der Waals surface area contributed by atoms with Crippen molar-refractivity contribution in [2.75, 3.05) is 6.54 Å². The maximum Gasteiger partial charge on any atom is 0.343 e. The molecule has 0 saturated heterocycles. The molecule has 1 aromatic carbocycles. The van der Waals surface area contributed by atoms with Gasteiger partial charge in [0.05, 0.1) is 0 Å². The Labute approximate surface area is 181 Å². The summed E-state index contributed by atoms with van der Waals surface area (Å²) in [6.07, 6.45) is 3.26. The second kappa shape index (κ2) is 9.81. The van der Waals surface area contributed by atoms with E-state index in [0.717, 1.165) is 12.0 Å². The standard InChI is InChI=1S/C24H25N3O4/c1-4-18(19-10-6-5-7-11-19)15-26-22(28)17(3)31-24(29)21-16(2)30-23(20(21)14-25)27-12-8-9-13-27/h5-13,17-18H,4,15H2,1-3H3,(H,26,28)/t17-,18-/m1/s1. The van der Waals surface area contributed by atoms with E-state index < -0.39 is 18.0 Å². The quantitative estimate of drug-likeness (QED) is 0.554. The van der Waals surface area contributed by atoms with Gasteiger partial charge in [-0.05, 0) is 38.0 Å². The van der Waals surface area contributed by atoms with E-state index in [1.54, 1.807) is 36.0 Å². The zero-order valence-electron chi connectivity index (χ0n) is 17.8. The minimum atomic E-state index is -1.02. The minimum Gasteiger partial charge on any atom is -0.449 e. The van der Waals surface area contributed by atoms with Gasteiger partial charge >= 0.3 is 5.97 Å². The Morgan fingerprint density at radius 1 is 1.19 bits per heavy atom. The first-order chi connectivity index (χ1) is 15.0. The summed E-state index contributed by atoms with van der Waals surface area (Å²) in [6.45, 7) is 5.58. The predicted octanol–water partition coefficient (Wildman–Crippen LogP) is 4.11. The van der Waals surface area contributed by atoms with Crippen molar-refractivity contribution in [1.29, 1.82) is 5.26 Å². The molecule has 0 aliphatic carbocycles. The number of furan rings is 1. The van der Waals surface area contributed by atoms with E-state index in [1.165, 1.54) is 6.92 Å². The van der Waals surface area contributed by atoms with E-state index in [1.807, 2.05) is 36.4 Å². The summed E-state index contributed by atoms with van der Waals surface area (Å²) in [6, 6.07) is 15.5. The number of rotatable bonds is 8. The largest absolute Gasteiger partial charge is 0.449 e. The van der Waals surface area contributed by atoms with Crippen LogP contribution < -0.4 is 5.32 Å². The monoisotopic (exact) mass is 419 g/mol. The Balaban J connectivity index is 1.67. The Morgan fingerprint density at radius 2 is 1.87 bits per heavy atom. The fourth-order valence-corrected chi connectivity index (χ4v) is 3.39. The van der Waals surface area contributed by atoms with Crippen molar-refractivity contribution in [2.24, 2.45) is 0 Å². The number of carbonyl (C=O) groups excluding carboxylic acids is 2. The summed E-state index contributed by atoms with van der Waals surface area (Å²) in [5.74, 6) is -0.504. The van der Waals surface area contributed by atoms with E-state index in [9.17, 15) is 14.9 Å². The van der Waals surface area contributed by atoms with Gasteiger partial charge < -0.3 is 14.5 Å². The molecule has 7 nitrogen and oxygen atoms in total. The highest BCUT2D eigenvalue weighted by atomic mass is 16.5. The van der Waals surface area contributed by atoms with E-state index in [2.05, 4.69) is 12.2 Å². The molecule has 0 spiro atoms. The third-order valence-corrected chi connectivity index (χ3v) is 5.16. The van der Waals surface area contributed by atoms with Gasteiger partial charge in [-0.3, -0.25) is 9.36 Å². The average molecular weight is 419 g/mol. The van der Waals surface area contributed by atoms with Crippen LogP contribution in [-0.4, -0.2) is 29.1 Å². The van der Waals surface area contributed by atoms with Gasteiger partial charge in [-0.1, -0.05) is 37.3 Å². The maximum atomic E-state index is 12.7. The van der Waals surface area contributed by atoms with Crippen LogP contribution in [0.2, 0.25) is 0 Å². The van der Waals surface area contributed by atoms with Crippen molar-refractivity contribution < 1.29 is 18.7 Å². The van der Waals surface area contributed by atoms with E-state index in [-0.39, 0.29) is 28.7 Å². The number of ether oxygens (including phenoxy) is 1. The molecule has 1 amide bonds. The highest BCUT2D eigenvalue weighted by Gasteiger charge is 2.28. The van der Waals surface area contributed by atoms with Gasteiger partial charge in [-0.2, -0.15) is 5.26 Å². The second-order valence-electron chi connectivity index (χ2n) is 7.22. The lowest BCUT2D eigenvalue weighted by atomic mass is 9.96. The Morgan fingerprint density at radius 3 is 2.48 bits per heavy atom. The number of carbonyl (C=O) groups is 2. The van der Waals surface area contributed by atoms with Gasteiger partial charge in [-0.15, -0.1) is 0 Å². The lowest BCUT2D eigenvalue weighted by Gasteiger charge is -2.18. The van der Waals surface area contributed by atoms with Crippen molar-refractivity contribution >= 4 is 11.9 Å². The van der Waals surface area contributed by atoms with Crippen LogP contribution in [-0.2, 0) is 9.53 Å². The van der Waals surface area contributed by atoms with Crippen LogP contribution in [0, 0.1) is 18.3 Å². The fourth-order valence-electron chi connectivity index (χ4n) is 3.39. The number of aromatic nitrogens is 1. The van der Waals surface area contributed by atoms with Crippen LogP contribution >= 0.6 is 0 Å². The van der Waals surface area contributed by atoms with Crippen molar-refractivity contribution in [3.63, 3.8) is 0 Å². The first kappa shape index (κ1) is 21.9. The first-order valence-corrected chi connectivity index (χ1v) is 10.2. The zero-order valence-corrected chi connectivity index (χ0v) is 17.8. The molecule has 0 fully saturated rings. The number of benzene rings is 1. The van der Waals surface area contributed by atoms with Crippen LogP contribution in [0.3, 0.4) is 0 Å². The fraction of sp³-hybridized carbons (Fsp3) is 0.292. The van der Waals surface area contributed by atoms with Gasteiger partial charge in [0.2, 0.25) is 5.88 Å². The molecule has 0 aliphatic heterocycles. The molecule has 3 rings (SSSR count). The number of nitriles is 1. The minimum absolute atomic E-state index is 0.0292. The topological polar surface area (TPSA) is 97.3 Å². The molecule has 2 aromatic heterocycles. The Hall–Kier alpha value is -3.79. The molecule has 2 heterocycles. The van der Waals surface area contributed by atoms with Gasteiger partial charge in [0.15, 0.2) is 6.10 Å². The molecule has 7 heteroatoms. The zero-order chi connectivity index (χ0) is 22.4. The normalized spacial score (nSPS) is 12.6. The number of nitrogens with zero attached hydrogens (tertiary/aromatic N) is 2. The third-order valence-electron chi connectivity index (χ3n) is 5.16. The molecule has 0 aliphatic rings. The highest BCUT2D eigenvalue weighted by molar-refractivity contribution is 5.96. The number of hydrogen-bond donors (Lipinski definition) is 1. The molecule has 0 unspecified atom stereocenters. The maximum absolute atomic E-state index is 12.7. The van der Waals surface area contributed by atoms with Crippen LogP contribution in [0.4, 0.5) is 0 Å². The first-order valence-electron chi connectivity index (χ1n) is 10.2. The second-order valence-corrected chi connectivity index (χ2v) is 7.22. The predicted molar refractivity (Wildman–Crippen MR) is 115 cm³/mol. The summed E-state index contributed by atoms with van der Waals surface area (Å²) < 4.78 is 12.6. The Bertz CT molecular complexity index is 1080. The van der Waals surface area contributed by atoms with Crippen molar-refractivity contribution in [2.45, 2.75) is 39.2 Å². The SMILES string of the molecule is CC[C@H](CNC(=O)[C@@H](C)OC(=O)c1c(C)oc(-n2cccc2)c1C#N)c1ccccc1. The third kappa shape index (κ3) is 4.86. The van der Waals surface area contributed by atoms with Crippen LogP contribution in [0.25, 0.3) is 5.88 Å². The highest BCUT2D eigenvalue weighted by Crippen LogP contribution is 2.26. The molecule has 0 saturated carbocycles. The van der Waals surface area contributed by atoms with E-state index in [0.29, 0.717) is 6.54 Å². The number of hydrogen-bond acceptors (Lipinski definition) is 5. The number of esters is 1. The molecule has 1 N–H and O–H groups in total. The van der Waals surface area contributed by atoms with Gasteiger partial charge in [0.25, 0.3) is 5.91 Å². The van der Waals surface area contributed by atoms with Crippen LogP contribution in [0.15, 0.2) is 59.3 Å². The van der Waals surface area contributed by atoms with Crippen LogP contribution in [0.5, 0.6) is 0 Å².